The average Bonchev–Trinajstić information content (AvgIpc) is 2.37. The first kappa shape index (κ1) is 13.6. The van der Waals surface area contributed by atoms with E-state index in [-0.39, 0.29) is 17.1 Å². The fourth-order valence-electron chi connectivity index (χ4n) is 1.67. The summed E-state index contributed by atoms with van der Waals surface area (Å²) in [5.74, 6) is -0.521. The summed E-state index contributed by atoms with van der Waals surface area (Å²) < 4.78 is 13.7. The summed E-state index contributed by atoms with van der Waals surface area (Å²) in [5, 5.41) is 18.1. The van der Waals surface area contributed by atoms with Crippen molar-refractivity contribution in [3.8, 4) is 11.3 Å². The van der Waals surface area contributed by atoms with Crippen LogP contribution in [0.25, 0.3) is 11.3 Å². The van der Waals surface area contributed by atoms with Crippen molar-refractivity contribution >= 4 is 11.9 Å². The van der Waals surface area contributed by atoms with Crippen LogP contribution in [0.3, 0.4) is 0 Å². The molecule has 2 rings (SSSR count). The van der Waals surface area contributed by atoms with Gasteiger partial charge in [-0.3, -0.25) is 10.7 Å². The Balaban J connectivity index is 2.47. The Labute approximate surface area is 113 Å². The highest BCUT2D eigenvalue weighted by molar-refractivity contribution is 6.03. The van der Waals surface area contributed by atoms with Gasteiger partial charge in [0.25, 0.3) is 0 Å². The Morgan fingerprint density at radius 2 is 2.05 bits per heavy atom. The van der Waals surface area contributed by atoms with Crippen LogP contribution in [-0.2, 0) is 0 Å². The van der Waals surface area contributed by atoms with Gasteiger partial charge in [0.2, 0.25) is 0 Å². The Hall–Kier alpha value is -2.83. The number of amides is 1. The van der Waals surface area contributed by atoms with E-state index < -0.39 is 11.9 Å². The number of hydrogen-bond acceptors (Lipinski definition) is 4. The number of benzene rings is 1. The van der Waals surface area contributed by atoms with Gasteiger partial charge in [0.1, 0.15) is 17.3 Å². The maximum absolute atomic E-state index is 13.7. The minimum Gasteiger partial charge on any atom is -0.465 e. The Morgan fingerprint density at radius 3 is 2.70 bits per heavy atom. The third-order valence-corrected chi connectivity index (χ3v) is 2.48. The molecule has 1 amide bonds. The van der Waals surface area contributed by atoms with Crippen molar-refractivity contribution in [3.63, 3.8) is 0 Å². The SMILES string of the molecule is Cc1nc(C(=N)NC(=O)O)cc(-c2ccccc2F)n1. The molecule has 0 aliphatic carbocycles. The molecule has 6 nitrogen and oxygen atoms in total. The van der Waals surface area contributed by atoms with Crippen LogP contribution in [0.2, 0.25) is 0 Å². The summed E-state index contributed by atoms with van der Waals surface area (Å²) in [7, 11) is 0. The van der Waals surface area contributed by atoms with Gasteiger partial charge in [0, 0.05) is 5.56 Å². The fourth-order valence-corrected chi connectivity index (χ4v) is 1.67. The number of amidine groups is 1. The van der Waals surface area contributed by atoms with Crippen LogP contribution in [0.5, 0.6) is 0 Å². The van der Waals surface area contributed by atoms with Gasteiger partial charge in [-0.25, -0.2) is 19.2 Å². The van der Waals surface area contributed by atoms with E-state index in [9.17, 15) is 9.18 Å². The third kappa shape index (κ3) is 2.94. The number of carboxylic acid groups (broad SMARTS) is 1. The number of aryl methyl sites for hydroxylation is 1. The summed E-state index contributed by atoms with van der Waals surface area (Å²) in [6.07, 6.45) is -1.36. The first-order valence-electron chi connectivity index (χ1n) is 5.67. The average molecular weight is 274 g/mol. The van der Waals surface area contributed by atoms with Gasteiger partial charge in [-0.05, 0) is 25.1 Å². The van der Waals surface area contributed by atoms with Crippen molar-refractivity contribution in [2.75, 3.05) is 0 Å². The molecular weight excluding hydrogens is 263 g/mol. The molecule has 0 aliphatic rings. The normalized spacial score (nSPS) is 10.1. The highest BCUT2D eigenvalue weighted by Crippen LogP contribution is 2.21. The Morgan fingerprint density at radius 1 is 1.35 bits per heavy atom. The zero-order chi connectivity index (χ0) is 14.7. The molecule has 0 aliphatic heterocycles. The topological polar surface area (TPSA) is 99.0 Å². The van der Waals surface area contributed by atoms with E-state index in [4.69, 9.17) is 10.5 Å². The highest BCUT2D eigenvalue weighted by Gasteiger charge is 2.12. The number of hydrogen-bond donors (Lipinski definition) is 3. The summed E-state index contributed by atoms with van der Waals surface area (Å²) in [5.41, 5.74) is 0.642. The Kier molecular flexibility index (Phi) is 3.69. The molecule has 0 spiro atoms. The lowest BCUT2D eigenvalue weighted by atomic mass is 10.1. The summed E-state index contributed by atoms with van der Waals surface area (Å²) in [6.45, 7) is 1.59. The van der Waals surface area contributed by atoms with Gasteiger partial charge in [-0.15, -0.1) is 0 Å². The molecule has 102 valence electrons. The second kappa shape index (κ2) is 5.43. The molecule has 0 fully saturated rings. The van der Waals surface area contributed by atoms with Crippen molar-refractivity contribution in [1.29, 1.82) is 5.41 Å². The predicted molar refractivity (Wildman–Crippen MR) is 70.2 cm³/mol. The van der Waals surface area contributed by atoms with E-state index in [0.29, 0.717) is 11.5 Å². The van der Waals surface area contributed by atoms with Gasteiger partial charge >= 0.3 is 6.09 Å². The minimum absolute atomic E-state index is 0.0816. The van der Waals surface area contributed by atoms with Crippen LogP contribution in [0.1, 0.15) is 11.5 Å². The summed E-state index contributed by atoms with van der Waals surface area (Å²) in [4.78, 5) is 18.6. The smallest absolute Gasteiger partial charge is 0.410 e. The number of nitrogens with one attached hydrogen (secondary N) is 2. The van der Waals surface area contributed by atoms with E-state index in [1.165, 1.54) is 12.1 Å². The summed E-state index contributed by atoms with van der Waals surface area (Å²) >= 11 is 0. The molecule has 0 saturated carbocycles. The summed E-state index contributed by atoms with van der Waals surface area (Å²) in [6, 6.07) is 7.43. The van der Waals surface area contributed by atoms with Gasteiger partial charge < -0.3 is 5.11 Å². The largest absolute Gasteiger partial charge is 0.465 e. The van der Waals surface area contributed by atoms with Gasteiger partial charge in [-0.2, -0.15) is 0 Å². The number of rotatable bonds is 2. The van der Waals surface area contributed by atoms with E-state index in [1.807, 2.05) is 5.32 Å². The number of halogens is 1. The van der Waals surface area contributed by atoms with E-state index in [1.54, 1.807) is 25.1 Å². The molecule has 0 radical (unpaired) electrons. The molecule has 3 N–H and O–H groups in total. The van der Waals surface area contributed by atoms with Gasteiger partial charge in [-0.1, -0.05) is 12.1 Å². The van der Waals surface area contributed by atoms with Crippen LogP contribution < -0.4 is 5.32 Å². The van der Waals surface area contributed by atoms with Crippen molar-refractivity contribution in [1.82, 2.24) is 15.3 Å². The van der Waals surface area contributed by atoms with Crippen molar-refractivity contribution in [2.45, 2.75) is 6.92 Å². The number of aromatic nitrogens is 2. The van der Waals surface area contributed by atoms with Crippen molar-refractivity contribution in [2.24, 2.45) is 0 Å². The second-order valence-electron chi connectivity index (χ2n) is 3.97. The molecule has 0 saturated heterocycles. The van der Waals surface area contributed by atoms with Crippen LogP contribution in [-0.4, -0.2) is 27.0 Å². The minimum atomic E-state index is -1.36. The molecule has 1 aromatic carbocycles. The standard InChI is InChI=1S/C13H11FN4O2/c1-7-16-10(8-4-2-3-5-9(8)14)6-11(17-7)12(15)18-13(19)20/h2-6H,1H3,(H2,15,18)(H,19,20). The molecule has 0 atom stereocenters. The maximum atomic E-state index is 13.7. The van der Waals surface area contributed by atoms with Gasteiger partial charge in [0.15, 0.2) is 5.84 Å². The molecular formula is C13H11FN4O2. The lowest BCUT2D eigenvalue weighted by Crippen LogP contribution is -2.29. The fraction of sp³-hybridized carbons (Fsp3) is 0.0769. The van der Waals surface area contributed by atoms with Gasteiger partial charge in [0.05, 0.1) is 5.69 Å². The predicted octanol–water partition coefficient (Wildman–Crippen LogP) is 2.18. The zero-order valence-corrected chi connectivity index (χ0v) is 10.5. The van der Waals surface area contributed by atoms with Crippen LogP contribution >= 0.6 is 0 Å². The molecule has 7 heteroatoms. The quantitative estimate of drug-likeness (QED) is 0.577. The molecule has 20 heavy (non-hydrogen) atoms. The lowest BCUT2D eigenvalue weighted by Gasteiger charge is -2.07. The van der Waals surface area contributed by atoms with Crippen molar-refractivity contribution in [3.05, 3.63) is 47.7 Å². The van der Waals surface area contributed by atoms with Crippen LogP contribution in [0, 0.1) is 18.2 Å². The van der Waals surface area contributed by atoms with Crippen LogP contribution in [0.4, 0.5) is 9.18 Å². The number of carbonyl (C=O) groups is 1. The lowest BCUT2D eigenvalue weighted by molar-refractivity contribution is 0.200. The van der Waals surface area contributed by atoms with E-state index in [2.05, 4.69) is 9.97 Å². The highest BCUT2D eigenvalue weighted by atomic mass is 19.1. The second-order valence-corrected chi connectivity index (χ2v) is 3.97. The monoisotopic (exact) mass is 274 g/mol. The molecule has 0 bridgehead atoms. The van der Waals surface area contributed by atoms with Crippen LogP contribution in [0.15, 0.2) is 30.3 Å². The maximum Gasteiger partial charge on any atom is 0.410 e. The molecule has 1 heterocycles. The van der Waals surface area contributed by atoms with E-state index >= 15 is 0 Å². The van der Waals surface area contributed by atoms with Crippen molar-refractivity contribution < 1.29 is 14.3 Å². The first-order valence-corrected chi connectivity index (χ1v) is 5.67. The third-order valence-electron chi connectivity index (χ3n) is 2.48. The molecule has 2 aromatic rings. The number of nitrogens with zero attached hydrogens (tertiary/aromatic N) is 2. The first-order chi connectivity index (χ1) is 9.47. The molecule has 1 aromatic heterocycles. The van der Waals surface area contributed by atoms with E-state index in [0.717, 1.165) is 0 Å². The molecule has 0 unspecified atom stereocenters. The Bertz CT molecular complexity index is 688. The zero-order valence-electron chi connectivity index (χ0n) is 10.5.